The molecule has 2 heterocycles. The third-order valence-corrected chi connectivity index (χ3v) is 3.49. The van der Waals surface area contributed by atoms with E-state index in [1.54, 1.807) is 31.6 Å². The van der Waals surface area contributed by atoms with Crippen LogP contribution in [0.2, 0.25) is 0 Å². The standard InChI is InChI=1S/C18H18N6O/c1-3-20-18(25)24-16-9-8-14-17(23-16)22-15(11-21-14)13-7-5-4-6-12(13)10-19-2/h4-11H,3H2,1-2H3,(H2,20,22,23,24,25). The van der Waals surface area contributed by atoms with Gasteiger partial charge in [0.25, 0.3) is 0 Å². The van der Waals surface area contributed by atoms with Crippen LogP contribution in [-0.4, -0.2) is 40.8 Å². The Bertz CT molecular complexity index is 938. The lowest BCUT2D eigenvalue weighted by Crippen LogP contribution is -2.28. The van der Waals surface area contributed by atoms with Crippen molar-refractivity contribution < 1.29 is 4.79 Å². The maximum atomic E-state index is 11.6. The van der Waals surface area contributed by atoms with Gasteiger partial charge in [-0.1, -0.05) is 24.3 Å². The number of carbonyl (C=O) groups excluding carboxylic acids is 1. The number of hydrogen-bond acceptors (Lipinski definition) is 5. The first kappa shape index (κ1) is 16.5. The third kappa shape index (κ3) is 3.77. The quantitative estimate of drug-likeness (QED) is 0.718. The van der Waals surface area contributed by atoms with E-state index in [4.69, 9.17) is 0 Å². The van der Waals surface area contributed by atoms with Gasteiger partial charge < -0.3 is 5.32 Å². The number of aliphatic imine (C=N–C) groups is 1. The van der Waals surface area contributed by atoms with Crippen LogP contribution in [0.4, 0.5) is 10.6 Å². The second-order valence-electron chi connectivity index (χ2n) is 5.25. The number of carbonyl (C=O) groups is 1. The Hall–Kier alpha value is -3.35. The van der Waals surface area contributed by atoms with Gasteiger partial charge in [0.2, 0.25) is 0 Å². The zero-order valence-electron chi connectivity index (χ0n) is 14.0. The summed E-state index contributed by atoms with van der Waals surface area (Å²) in [6.45, 7) is 2.39. The Balaban J connectivity index is 2.00. The van der Waals surface area contributed by atoms with Crippen LogP contribution >= 0.6 is 0 Å². The normalized spacial score (nSPS) is 11.0. The number of anilines is 1. The van der Waals surface area contributed by atoms with Crippen LogP contribution in [0.15, 0.2) is 47.6 Å². The van der Waals surface area contributed by atoms with Gasteiger partial charge in [0.15, 0.2) is 5.65 Å². The number of urea groups is 1. The van der Waals surface area contributed by atoms with E-state index in [1.165, 1.54) is 0 Å². The van der Waals surface area contributed by atoms with Gasteiger partial charge in [-0.15, -0.1) is 0 Å². The van der Waals surface area contributed by atoms with Crippen LogP contribution in [0.3, 0.4) is 0 Å². The van der Waals surface area contributed by atoms with E-state index in [0.717, 1.165) is 11.1 Å². The fourth-order valence-corrected chi connectivity index (χ4v) is 2.40. The molecule has 0 bridgehead atoms. The molecule has 0 atom stereocenters. The second kappa shape index (κ2) is 7.48. The zero-order chi connectivity index (χ0) is 17.6. The maximum absolute atomic E-state index is 11.6. The average molecular weight is 334 g/mol. The predicted octanol–water partition coefficient (Wildman–Crippen LogP) is 2.88. The van der Waals surface area contributed by atoms with Crippen molar-refractivity contribution in [1.82, 2.24) is 20.3 Å². The maximum Gasteiger partial charge on any atom is 0.320 e. The largest absolute Gasteiger partial charge is 0.338 e. The Kier molecular flexibility index (Phi) is 4.94. The van der Waals surface area contributed by atoms with Crippen LogP contribution in [0.25, 0.3) is 22.4 Å². The molecule has 3 aromatic rings. The topological polar surface area (TPSA) is 92.2 Å². The molecule has 0 aliphatic carbocycles. The van der Waals surface area contributed by atoms with Crippen LogP contribution < -0.4 is 10.6 Å². The lowest BCUT2D eigenvalue weighted by molar-refractivity contribution is 0.252. The monoisotopic (exact) mass is 334 g/mol. The van der Waals surface area contributed by atoms with E-state index < -0.39 is 0 Å². The number of rotatable bonds is 4. The SMILES string of the molecule is CCNC(=O)Nc1ccc2ncc(-c3ccccc3C=NC)nc2n1. The summed E-state index contributed by atoms with van der Waals surface area (Å²) in [5.41, 5.74) is 3.70. The van der Waals surface area contributed by atoms with Crippen molar-refractivity contribution in [3.63, 3.8) is 0 Å². The summed E-state index contributed by atoms with van der Waals surface area (Å²) in [5.74, 6) is 0.424. The van der Waals surface area contributed by atoms with Gasteiger partial charge in [-0.3, -0.25) is 15.3 Å². The number of benzene rings is 1. The molecule has 0 saturated carbocycles. The van der Waals surface area contributed by atoms with E-state index in [1.807, 2.05) is 31.2 Å². The molecule has 0 fully saturated rings. The van der Waals surface area contributed by atoms with Crippen molar-refractivity contribution in [2.45, 2.75) is 6.92 Å². The molecule has 2 aromatic heterocycles. The van der Waals surface area contributed by atoms with Crippen molar-refractivity contribution in [1.29, 1.82) is 0 Å². The molecule has 2 amide bonds. The highest BCUT2D eigenvalue weighted by atomic mass is 16.2. The predicted molar refractivity (Wildman–Crippen MR) is 99.0 cm³/mol. The molecule has 126 valence electrons. The van der Waals surface area contributed by atoms with E-state index in [0.29, 0.717) is 29.2 Å². The lowest BCUT2D eigenvalue weighted by Gasteiger charge is -2.08. The van der Waals surface area contributed by atoms with Gasteiger partial charge in [-0.2, -0.15) is 0 Å². The first-order chi connectivity index (χ1) is 12.2. The Morgan fingerprint density at radius 1 is 1.20 bits per heavy atom. The Labute approximate surface area is 145 Å². The van der Waals surface area contributed by atoms with Crippen LogP contribution in [0.1, 0.15) is 12.5 Å². The van der Waals surface area contributed by atoms with Gasteiger partial charge in [-0.25, -0.2) is 14.8 Å². The number of nitrogens with zero attached hydrogens (tertiary/aromatic N) is 4. The minimum atomic E-state index is -0.303. The minimum Gasteiger partial charge on any atom is -0.338 e. The lowest BCUT2D eigenvalue weighted by atomic mass is 10.1. The molecule has 0 aliphatic heterocycles. The van der Waals surface area contributed by atoms with Crippen LogP contribution in [-0.2, 0) is 0 Å². The van der Waals surface area contributed by atoms with Crippen LogP contribution in [0.5, 0.6) is 0 Å². The average Bonchev–Trinajstić information content (AvgIpc) is 2.62. The van der Waals surface area contributed by atoms with Crippen LogP contribution in [0, 0.1) is 0 Å². The number of pyridine rings is 1. The van der Waals surface area contributed by atoms with Crippen molar-refractivity contribution in [2.75, 3.05) is 18.9 Å². The first-order valence-electron chi connectivity index (χ1n) is 7.91. The molecule has 7 nitrogen and oxygen atoms in total. The second-order valence-corrected chi connectivity index (χ2v) is 5.25. The summed E-state index contributed by atoms with van der Waals surface area (Å²) in [5, 5.41) is 5.34. The fourth-order valence-electron chi connectivity index (χ4n) is 2.40. The Morgan fingerprint density at radius 3 is 2.84 bits per heavy atom. The molecule has 0 aliphatic rings. The summed E-state index contributed by atoms with van der Waals surface area (Å²) >= 11 is 0. The highest BCUT2D eigenvalue weighted by Gasteiger charge is 2.09. The van der Waals surface area contributed by atoms with Gasteiger partial charge in [0.1, 0.15) is 11.3 Å². The number of amides is 2. The number of aromatic nitrogens is 3. The van der Waals surface area contributed by atoms with E-state index in [2.05, 4.69) is 30.6 Å². The summed E-state index contributed by atoms with van der Waals surface area (Å²) in [6.07, 6.45) is 3.49. The summed E-state index contributed by atoms with van der Waals surface area (Å²) < 4.78 is 0. The number of hydrogen-bond donors (Lipinski definition) is 2. The van der Waals surface area contributed by atoms with E-state index in [9.17, 15) is 4.79 Å². The van der Waals surface area contributed by atoms with Crippen molar-refractivity contribution in [2.24, 2.45) is 4.99 Å². The zero-order valence-corrected chi connectivity index (χ0v) is 14.0. The van der Waals surface area contributed by atoms with Gasteiger partial charge in [0.05, 0.1) is 11.9 Å². The van der Waals surface area contributed by atoms with Crippen molar-refractivity contribution >= 4 is 29.2 Å². The summed E-state index contributed by atoms with van der Waals surface area (Å²) in [4.78, 5) is 29.1. The molecule has 2 N–H and O–H groups in total. The van der Waals surface area contributed by atoms with Crippen molar-refractivity contribution in [3.05, 3.63) is 48.2 Å². The summed E-state index contributed by atoms with van der Waals surface area (Å²) in [6, 6.07) is 11.0. The summed E-state index contributed by atoms with van der Waals surface area (Å²) in [7, 11) is 1.73. The molecule has 0 spiro atoms. The molecule has 0 unspecified atom stereocenters. The minimum absolute atomic E-state index is 0.303. The van der Waals surface area contributed by atoms with Gasteiger partial charge in [-0.05, 0) is 19.1 Å². The first-order valence-corrected chi connectivity index (χ1v) is 7.91. The third-order valence-electron chi connectivity index (χ3n) is 3.49. The molecular formula is C18H18N6O. The molecule has 3 rings (SSSR count). The fraction of sp³-hybridized carbons (Fsp3) is 0.167. The van der Waals surface area contributed by atoms with Crippen molar-refractivity contribution in [3.8, 4) is 11.3 Å². The number of nitrogens with one attached hydrogen (secondary N) is 2. The van der Waals surface area contributed by atoms with E-state index in [-0.39, 0.29) is 6.03 Å². The highest BCUT2D eigenvalue weighted by Crippen LogP contribution is 2.22. The smallest absolute Gasteiger partial charge is 0.320 e. The number of fused-ring (bicyclic) bond motifs is 1. The van der Waals surface area contributed by atoms with E-state index >= 15 is 0 Å². The highest BCUT2D eigenvalue weighted by molar-refractivity contribution is 5.91. The molecule has 0 saturated heterocycles. The van der Waals surface area contributed by atoms with Gasteiger partial charge in [0, 0.05) is 30.9 Å². The molecular weight excluding hydrogens is 316 g/mol. The molecule has 0 radical (unpaired) electrons. The molecule has 1 aromatic carbocycles. The Morgan fingerprint density at radius 2 is 2.04 bits per heavy atom. The molecule has 7 heteroatoms. The molecule has 25 heavy (non-hydrogen) atoms. The van der Waals surface area contributed by atoms with Gasteiger partial charge >= 0.3 is 6.03 Å².